The van der Waals surface area contributed by atoms with Crippen LogP contribution in [0.4, 0.5) is 14.5 Å². The third-order valence-electron chi connectivity index (χ3n) is 3.02. The van der Waals surface area contributed by atoms with Gasteiger partial charge >= 0.3 is 6.61 Å². The van der Waals surface area contributed by atoms with Gasteiger partial charge < -0.3 is 20.1 Å². The van der Waals surface area contributed by atoms with Gasteiger partial charge in [-0.2, -0.15) is 8.78 Å². The topological polar surface area (TPSA) is 59.6 Å². The van der Waals surface area contributed by atoms with Gasteiger partial charge in [-0.3, -0.25) is 4.79 Å². The smallest absolute Gasteiger partial charge is 0.387 e. The number of nitrogens with one attached hydrogen (secondary N) is 2. The summed E-state index contributed by atoms with van der Waals surface area (Å²) in [5.41, 5.74) is 0.389. The highest BCUT2D eigenvalue weighted by Crippen LogP contribution is 2.31. The van der Waals surface area contributed by atoms with Gasteiger partial charge in [0, 0.05) is 11.8 Å². The summed E-state index contributed by atoms with van der Waals surface area (Å²) in [5.74, 6) is -0.113. The maximum atomic E-state index is 12.3. The fraction of sp³-hybridized carbons (Fsp3) is 0.462. The van der Waals surface area contributed by atoms with E-state index in [1.807, 2.05) is 0 Å². The molecule has 5 nitrogen and oxygen atoms in total. The first kappa shape index (κ1) is 14.5. The summed E-state index contributed by atoms with van der Waals surface area (Å²) in [6.07, 6.45) is 1.71. The van der Waals surface area contributed by atoms with Gasteiger partial charge in [0.1, 0.15) is 0 Å². The van der Waals surface area contributed by atoms with E-state index in [1.54, 1.807) is 6.07 Å². The Morgan fingerprint density at radius 2 is 2.25 bits per heavy atom. The molecule has 1 atom stereocenters. The predicted molar refractivity (Wildman–Crippen MR) is 69.3 cm³/mol. The summed E-state index contributed by atoms with van der Waals surface area (Å²) in [4.78, 5) is 11.9. The lowest BCUT2D eigenvalue weighted by Gasteiger charge is -2.14. The quantitative estimate of drug-likeness (QED) is 0.869. The van der Waals surface area contributed by atoms with Gasteiger partial charge in [-0.25, -0.2) is 0 Å². The lowest BCUT2D eigenvalue weighted by atomic mass is 10.2. The van der Waals surface area contributed by atoms with Crippen LogP contribution in [0.1, 0.15) is 12.8 Å². The van der Waals surface area contributed by atoms with Crippen LogP contribution >= 0.6 is 0 Å². The Hall–Kier alpha value is -1.89. The predicted octanol–water partition coefficient (Wildman–Crippen LogP) is 1.99. The molecule has 0 radical (unpaired) electrons. The van der Waals surface area contributed by atoms with Crippen molar-refractivity contribution in [3.63, 3.8) is 0 Å². The summed E-state index contributed by atoms with van der Waals surface area (Å²) in [7, 11) is 1.36. The highest BCUT2D eigenvalue weighted by atomic mass is 19.3. The van der Waals surface area contributed by atoms with E-state index in [2.05, 4.69) is 15.4 Å². The number of rotatable bonds is 5. The van der Waals surface area contributed by atoms with Crippen LogP contribution in [-0.4, -0.2) is 32.2 Å². The molecule has 0 spiro atoms. The van der Waals surface area contributed by atoms with Crippen molar-refractivity contribution in [1.82, 2.24) is 5.32 Å². The molecule has 1 aliphatic rings. The Morgan fingerprint density at radius 1 is 1.45 bits per heavy atom. The number of benzene rings is 1. The van der Waals surface area contributed by atoms with Crippen molar-refractivity contribution in [3.05, 3.63) is 18.2 Å². The molecule has 0 bridgehead atoms. The minimum Gasteiger partial charge on any atom is -0.493 e. The molecule has 1 saturated heterocycles. The molecule has 1 aliphatic heterocycles. The summed E-state index contributed by atoms with van der Waals surface area (Å²) in [6.45, 7) is -2.15. The number of anilines is 1. The number of halogens is 2. The summed E-state index contributed by atoms with van der Waals surface area (Å²) in [5, 5.41) is 5.72. The SMILES string of the molecule is COc1ccc(NC(=O)[C@@H]2CCCN2)cc1OC(F)F. The molecule has 0 aromatic heterocycles. The Labute approximate surface area is 115 Å². The number of ether oxygens (including phenoxy) is 2. The molecular weight excluding hydrogens is 270 g/mol. The van der Waals surface area contributed by atoms with Crippen LogP contribution in [0.2, 0.25) is 0 Å². The van der Waals surface area contributed by atoms with Gasteiger partial charge in [0.25, 0.3) is 0 Å². The molecule has 0 saturated carbocycles. The summed E-state index contributed by atoms with van der Waals surface area (Å²) >= 11 is 0. The zero-order valence-corrected chi connectivity index (χ0v) is 11.0. The van der Waals surface area contributed by atoms with Gasteiger partial charge in [-0.05, 0) is 31.5 Å². The number of hydrogen-bond donors (Lipinski definition) is 2. The molecule has 1 fully saturated rings. The van der Waals surface area contributed by atoms with Gasteiger partial charge in [0.05, 0.1) is 13.2 Å². The molecule has 0 aliphatic carbocycles. The molecule has 2 N–H and O–H groups in total. The Balaban J connectivity index is 2.09. The molecule has 1 heterocycles. The fourth-order valence-electron chi connectivity index (χ4n) is 2.08. The second kappa shape index (κ2) is 6.51. The standard InChI is InChI=1S/C13H16F2N2O3/c1-19-10-5-4-8(7-11(10)20-13(14)15)17-12(18)9-3-2-6-16-9/h4-5,7,9,13,16H,2-3,6H2,1H3,(H,17,18)/t9-/m0/s1. The van der Waals surface area contributed by atoms with Gasteiger partial charge in [-0.1, -0.05) is 0 Å². The van der Waals surface area contributed by atoms with E-state index in [0.717, 1.165) is 19.4 Å². The van der Waals surface area contributed by atoms with E-state index in [0.29, 0.717) is 5.69 Å². The molecule has 1 aromatic rings. The lowest BCUT2D eigenvalue weighted by Crippen LogP contribution is -2.35. The highest BCUT2D eigenvalue weighted by molar-refractivity contribution is 5.95. The minimum absolute atomic E-state index is 0.111. The van der Waals surface area contributed by atoms with Crippen LogP contribution < -0.4 is 20.1 Å². The van der Waals surface area contributed by atoms with Crippen LogP contribution in [-0.2, 0) is 4.79 Å². The number of hydrogen-bond acceptors (Lipinski definition) is 4. The zero-order valence-electron chi connectivity index (χ0n) is 11.0. The number of amides is 1. The average molecular weight is 286 g/mol. The van der Waals surface area contributed by atoms with Crippen molar-refractivity contribution in [2.24, 2.45) is 0 Å². The van der Waals surface area contributed by atoms with E-state index in [-0.39, 0.29) is 23.4 Å². The fourth-order valence-corrected chi connectivity index (χ4v) is 2.08. The largest absolute Gasteiger partial charge is 0.493 e. The molecule has 0 unspecified atom stereocenters. The normalized spacial score (nSPS) is 18.1. The maximum absolute atomic E-state index is 12.3. The van der Waals surface area contributed by atoms with Crippen molar-refractivity contribution < 1.29 is 23.0 Å². The van der Waals surface area contributed by atoms with Gasteiger partial charge in [0.15, 0.2) is 11.5 Å². The van der Waals surface area contributed by atoms with Crippen molar-refractivity contribution in [2.75, 3.05) is 19.0 Å². The first-order chi connectivity index (χ1) is 9.60. The second-order valence-corrected chi connectivity index (χ2v) is 4.38. The van der Waals surface area contributed by atoms with Crippen LogP contribution in [0.3, 0.4) is 0 Å². The molecule has 20 heavy (non-hydrogen) atoms. The third kappa shape index (κ3) is 3.57. The number of carbonyl (C=O) groups excluding carboxylic acids is 1. The van der Waals surface area contributed by atoms with E-state index in [9.17, 15) is 13.6 Å². The van der Waals surface area contributed by atoms with Crippen LogP contribution in [0.5, 0.6) is 11.5 Å². The van der Waals surface area contributed by atoms with E-state index in [4.69, 9.17) is 4.74 Å². The van der Waals surface area contributed by atoms with Gasteiger partial charge in [-0.15, -0.1) is 0 Å². The number of carbonyl (C=O) groups is 1. The number of methoxy groups -OCH3 is 1. The Bertz CT molecular complexity index is 477. The van der Waals surface area contributed by atoms with Crippen LogP contribution in [0.25, 0.3) is 0 Å². The third-order valence-corrected chi connectivity index (χ3v) is 3.02. The number of alkyl halides is 2. The molecule has 7 heteroatoms. The first-order valence-electron chi connectivity index (χ1n) is 6.27. The Morgan fingerprint density at radius 3 is 2.85 bits per heavy atom. The van der Waals surface area contributed by atoms with E-state index in [1.165, 1.54) is 19.2 Å². The molecule has 1 amide bonds. The van der Waals surface area contributed by atoms with Crippen LogP contribution in [0, 0.1) is 0 Å². The minimum atomic E-state index is -2.95. The van der Waals surface area contributed by atoms with E-state index >= 15 is 0 Å². The first-order valence-corrected chi connectivity index (χ1v) is 6.27. The molecular formula is C13H16F2N2O3. The lowest BCUT2D eigenvalue weighted by molar-refractivity contribution is -0.117. The summed E-state index contributed by atoms with van der Waals surface area (Å²) < 4.78 is 33.9. The van der Waals surface area contributed by atoms with Gasteiger partial charge in [0.2, 0.25) is 5.91 Å². The van der Waals surface area contributed by atoms with Crippen molar-refractivity contribution in [1.29, 1.82) is 0 Å². The monoisotopic (exact) mass is 286 g/mol. The Kier molecular flexibility index (Phi) is 4.73. The van der Waals surface area contributed by atoms with Crippen molar-refractivity contribution in [3.8, 4) is 11.5 Å². The summed E-state index contributed by atoms with van der Waals surface area (Å²) in [6, 6.07) is 4.12. The highest BCUT2D eigenvalue weighted by Gasteiger charge is 2.22. The van der Waals surface area contributed by atoms with Crippen molar-refractivity contribution >= 4 is 11.6 Å². The molecule has 2 rings (SSSR count). The second-order valence-electron chi connectivity index (χ2n) is 4.38. The van der Waals surface area contributed by atoms with E-state index < -0.39 is 6.61 Å². The zero-order chi connectivity index (χ0) is 14.5. The maximum Gasteiger partial charge on any atom is 0.387 e. The molecule has 1 aromatic carbocycles. The van der Waals surface area contributed by atoms with Crippen molar-refractivity contribution in [2.45, 2.75) is 25.5 Å². The van der Waals surface area contributed by atoms with Crippen LogP contribution in [0.15, 0.2) is 18.2 Å². The average Bonchev–Trinajstić information content (AvgIpc) is 2.92. The molecule has 110 valence electrons.